The molecular formula is C14H14BF. The van der Waals surface area contributed by atoms with Gasteiger partial charge >= 0.3 is 0 Å². The molecule has 2 rings (SSSR count). The van der Waals surface area contributed by atoms with Gasteiger partial charge in [0.05, 0.1) is 0 Å². The van der Waals surface area contributed by atoms with Crippen molar-refractivity contribution in [3.63, 3.8) is 0 Å². The first kappa shape index (κ1) is 10.9. The van der Waals surface area contributed by atoms with Crippen LogP contribution < -0.4 is 10.9 Å². The van der Waals surface area contributed by atoms with Crippen molar-refractivity contribution in [2.75, 3.05) is 0 Å². The predicted octanol–water partition coefficient (Wildman–Crippen LogP) is 2.45. The molecule has 0 N–H and O–H groups in total. The molecule has 0 spiro atoms. The average molecular weight is 212 g/mol. The SMILES string of the molecule is CCB(c1ccccc1)c1ccc(F)cc1. The van der Waals surface area contributed by atoms with E-state index in [0.717, 1.165) is 6.32 Å². The van der Waals surface area contributed by atoms with Crippen LogP contribution in [0.2, 0.25) is 6.32 Å². The van der Waals surface area contributed by atoms with E-state index in [2.05, 4.69) is 19.1 Å². The van der Waals surface area contributed by atoms with Gasteiger partial charge in [-0.05, 0) is 12.1 Å². The van der Waals surface area contributed by atoms with Crippen LogP contribution in [0.1, 0.15) is 6.92 Å². The highest BCUT2D eigenvalue weighted by Gasteiger charge is 2.15. The summed E-state index contributed by atoms with van der Waals surface area (Å²) in [5.74, 6) is -0.174. The molecule has 0 aliphatic heterocycles. The smallest absolute Gasteiger partial charge is 0.207 e. The van der Waals surface area contributed by atoms with Gasteiger partial charge in [0.2, 0.25) is 6.71 Å². The molecule has 0 aliphatic rings. The number of rotatable bonds is 3. The van der Waals surface area contributed by atoms with Gasteiger partial charge < -0.3 is 0 Å². The largest absolute Gasteiger partial charge is 0.209 e. The molecule has 0 bridgehead atoms. The van der Waals surface area contributed by atoms with E-state index in [0.29, 0.717) is 6.71 Å². The van der Waals surface area contributed by atoms with Crippen molar-refractivity contribution in [2.45, 2.75) is 13.2 Å². The molecule has 0 amide bonds. The molecule has 0 fully saturated rings. The molecule has 0 atom stereocenters. The summed E-state index contributed by atoms with van der Waals surface area (Å²) in [7, 11) is 0. The molecule has 2 aromatic rings. The average Bonchev–Trinajstić information content (AvgIpc) is 2.34. The Hall–Kier alpha value is -1.57. The molecule has 0 aliphatic carbocycles. The lowest BCUT2D eigenvalue weighted by molar-refractivity contribution is 0.628. The molecule has 16 heavy (non-hydrogen) atoms. The summed E-state index contributed by atoms with van der Waals surface area (Å²) >= 11 is 0. The van der Waals surface area contributed by atoms with Gasteiger partial charge in [-0.3, -0.25) is 0 Å². The molecular weight excluding hydrogens is 198 g/mol. The molecule has 0 aromatic heterocycles. The van der Waals surface area contributed by atoms with Crippen molar-refractivity contribution < 1.29 is 4.39 Å². The van der Waals surface area contributed by atoms with Gasteiger partial charge in [-0.25, -0.2) is 4.39 Å². The van der Waals surface area contributed by atoms with Gasteiger partial charge in [0, 0.05) is 0 Å². The lowest BCUT2D eigenvalue weighted by atomic mass is 9.39. The van der Waals surface area contributed by atoms with E-state index in [9.17, 15) is 4.39 Å². The van der Waals surface area contributed by atoms with E-state index in [4.69, 9.17) is 0 Å². The van der Waals surface area contributed by atoms with Crippen LogP contribution in [-0.2, 0) is 0 Å². The van der Waals surface area contributed by atoms with Gasteiger partial charge in [0.25, 0.3) is 0 Å². The van der Waals surface area contributed by atoms with Crippen LogP contribution in [0.25, 0.3) is 0 Å². The van der Waals surface area contributed by atoms with Crippen molar-refractivity contribution >= 4 is 17.6 Å². The number of halogens is 1. The monoisotopic (exact) mass is 212 g/mol. The maximum Gasteiger partial charge on any atom is 0.209 e. The molecule has 2 aromatic carbocycles. The minimum Gasteiger partial charge on any atom is -0.207 e. The molecule has 0 saturated heterocycles. The minimum absolute atomic E-state index is 0.174. The van der Waals surface area contributed by atoms with Crippen molar-refractivity contribution in [2.24, 2.45) is 0 Å². The van der Waals surface area contributed by atoms with Crippen LogP contribution in [0, 0.1) is 5.82 Å². The topological polar surface area (TPSA) is 0 Å². The first-order valence-corrected chi connectivity index (χ1v) is 5.61. The Morgan fingerprint density at radius 3 is 2.00 bits per heavy atom. The summed E-state index contributed by atoms with van der Waals surface area (Å²) in [5.41, 5.74) is 2.46. The Morgan fingerprint density at radius 2 is 1.44 bits per heavy atom. The summed E-state index contributed by atoms with van der Waals surface area (Å²) < 4.78 is 12.9. The van der Waals surface area contributed by atoms with Gasteiger partial charge in [0.15, 0.2) is 0 Å². The van der Waals surface area contributed by atoms with E-state index in [1.165, 1.54) is 23.1 Å². The fraction of sp³-hybridized carbons (Fsp3) is 0.143. The van der Waals surface area contributed by atoms with Crippen LogP contribution in [0.5, 0.6) is 0 Å². The summed E-state index contributed by atoms with van der Waals surface area (Å²) in [6.45, 7) is 2.52. The summed E-state index contributed by atoms with van der Waals surface area (Å²) in [6.07, 6.45) is 1.02. The van der Waals surface area contributed by atoms with E-state index in [1.54, 1.807) is 0 Å². The molecule has 0 heterocycles. The van der Waals surface area contributed by atoms with Crippen LogP contribution in [0.4, 0.5) is 4.39 Å². The Balaban J connectivity index is 2.33. The fourth-order valence-corrected chi connectivity index (χ4v) is 2.04. The maximum atomic E-state index is 12.9. The Labute approximate surface area is 96.2 Å². The van der Waals surface area contributed by atoms with Crippen LogP contribution >= 0.6 is 0 Å². The quantitative estimate of drug-likeness (QED) is 0.685. The standard InChI is InChI=1S/C14H14BF/c1-2-15(12-6-4-3-5-7-12)13-8-10-14(16)11-9-13/h3-11H,2H2,1H3. The zero-order chi connectivity index (χ0) is 11.4. The third-order valence-electron chi connectivity index (χ3n) is 2.88. The highest BCUT2D eigenvalue weighted by molar-refractivity contribution is 6.85. The summed E-state index contributed by atoms with van der Waals surface area (Å²) in [4.78, 5) is 0. The highest BCUT2D eigenvalue weighted by atomic mass is 19.1. The number of hydrogen-bond acceptors (Lipinski definition) is 0. The lowest BCUT2D eigenvalue weighted by Gasteiger charge is -2.12. The van der Waals surface area contributed by atoms with Gasteiger partial charge in [-0.2, -0.15) is 0 Å². The molecule has 0 unspecified atom stereocenters. The van der Waals surface area contributed by atoms with Crippen molar-refractivity contribution in [1.82, 2.24) is 0 Å². The zero-order valence-corrected chi connectivity index (χ0v) is 9.36. The second kappa shape index (κ2) is 4.97. The molecule has 2 heteroatoms. The third kappa shape index (κ3) is 2.33. The molecule has 0 saturated carbocycles. The highest BCUT2D eigenvalue weighted by Crippen LogP contribution is 1.99. The molecule has 0 radical (unpaired) electrons. The zero-order valence-electron chi connectivity index (χ0n) is 9.36. The van der Waals surface area contributed by atoms with E-state index in [1.807, 2.05) is 30.3 Å². The van der Waals surface area contributed by atoms with E-state index < -0.39 is 0 Å². The Kier molecular flexibility index (Phi) is 3.40. The summed E-state index contributed by atoms with van der Waals surface area (Å²) in [6, 6.07) is 17.1. The van der Waals surface area contributed by atoms with E-state index >= 15 is 0 Å². The van der Waals surface area contributed by atoms with Crippen molar-refractivity contribution in [3.8, 4) is 0 Å². The van der Waals surface area contributed by atoms with Gasteiger partial charge in [-0.1, -0.05) is 66.6 Å². The first-order valence-electron chi connectivity index (χ1n) is 5.61. The normalized spacial score (nSPS) is 10.1. The van der Waals surface area contributed by atoms with Crippen LogP contribution in [-0.4, -0.2) is 6.71 Å². The Morgan fingerprint density at radius 1 is 0.875 bits per heavy atom. The van der Waals surface area contributed by atoms with Crippen molar-refractivity contribution in [3.05, 3.63) is 60.4 Å². The summed E-state index contributed by atoms with van der Waals surface area (Å²) in [5, 5.41) is 0. The fourth-order valence-electron chi connectivity index (χ4n) is 2.04. The Bertz CT molecular complexity index is 436. The number of hydrogen-bond donors (Lipinski definition) is 0. The second-order valence-corrected chi connectivity index (χ2v) is 3.92. The number of benzene rings is 2. The van der Waals surface area contributed by atoms with Gasteiger partial charge in [0.1, 0.15) is 5.82 Å². The van der Waals surface area contributed by atoms with Crippen LogP contribution in [0.3, 0.4) is 0 Å². The van der Waals surface area contributed by atoms with Crippen molar-refractivity contribution in [1.29, 1.82) is 0 Å². The maximum absolute atomic E-state index is 12.9. The molecule has 80 valence electrons. The third-order valence-corrected chi connectivity index (χ3v) is 2.88. The molecule has 0 nitrogen and oxygen atoms in total. The van der Waals surface area contributed by atoms with Crippen LogP contribution in [0.15, 0.2) is 54.6 Å². The van der Waals surface area contributed by atoms with Gasteiger partial charge in [-0.15, -0.1) is 0 Å². The first-order chi connectivity index (χ1) is 7.81. The lowest BCUT2D eigenvalue weighted by Crippen LogP contribution is -2.41. The minimum atomic E-state index is -0.174. The second-order valence-electron chi connectivity index (χ2n) is 3.92. The predicted molar refractivity (Wildman–Crippen MR) is 68.3 cm³/mol. The van der Waals surface area contributed by atoms with E-state index in [-0.39, 0.29) is 5.82 Å².